The maximum absolute atomic E-state index is 12.0. The summed E-state index contributed by atoms with van der Waals surface area (Å²) in [4.78, 5) is 19.6. The van der Waals surface area contributed by atoms with E-state index in [0.29, 0.717) is 10.9 Å². The Balaban J connectivity index is 1.29. The molecule has 1 aromatic heterocycles. The lowest BCUT2D eigenvalue weighted by atomic mass is 10.2. The molecule has 0 unspecified atom stereocenters. The molecule has 6 nitrogen and oxygen atoms in total. The van der Waals surface area contributed by atoms with Crippen molar-refractivity contribution < 1.29 is 9.53 Å². The summed E-state index contributed by atoms with van der Waals surface area (Å²) in [6.07, 6.45) is 1.58. The first-order valence-electron chi connectivity index (χ1n) is 8.99. The van der Waals surface area contributed by atoms with Crippen LogP contribution in [0.15, 0.2) is 89.1 Å². The number of amides is 1. The van der Waals surface area contributed by atoms with Crippen molar-refractivity contribution in [3.05, 3.63) is 84.4 Å². The molecule has 29 heavy (non-hydrogen) atoms. The average molecular weight is 402 g/mol. The van der Waals surface area contributed by atoms with E-state index in [9.17, 15) is 4.79 Å². The number of imidazole rings is 1. The Morgan fingerprint density at radius 1 is 1.03 bits per heavy atom. The zero-order chi connectivity index (χ0) is 19.9. The summed E-state index contributed by atoms with van der Waals surface area (Å²) in [6, 6.07) is 24.8. The predicted molar refractivity (Wildman–Crippen MR) is 116 cm³/mol. The first-order valence-corrected chi connectivity index (χ1v) is 9.97. The molecule has 0 saturated carbocycles. The third kappa shape index (κ3) is 5.24. The van der Waals surface area contributed by atoms with Crippen LogP contribution >= 0.6 is 11.8 Å². The number of hydrazone groups is 1. The number of nitrogens with one attached hydrogen (secondary N) is 2. The highest BCUT2D eigenvalue weighted by Gasteiger charge is 2.06. The summed E-state index contributed by atoms with van der Waals surface area (Å²) >= 11 is 1.33. The summed E-state index contributed by atoms with van der Waals surface area (Å²) in [6.45, 7) is 0. The highest BCUT2D eigenvalue weighted by molar-refractivity contribution is 7.99. The van der Waals surface area contributed by atoms with Crippen LogP contribution in [0.2, 0.25) is 0 Å². The van der Waals surface area contributed by atoms with Gasteiger partial charge in [-0.15, -0.1) is 0 Å². The van der Waals surface area contributed by atoms with E-state index in [-0.39, 0.29) is 11.7 Å². The monoisotopic (exact) mass is 402 g/mol. The van der Waals surface area contributed by atoms with Crippen LogP contribution in [0.3, 0.4) is 0 Å². The average Bonchev–Trinajstić information content (AvgIpc) is 3.16. The molecule has 0 radical (unpaired) electrons. The van der Waals surface area contributed by atoms with Crippen molar-refractivity contribution in [3.8, 4) is 11.5 Å². The van der Waals surface area contributed by atoms with Crippen molar-refractivity contribution in [2.75, 3.05) is 5.75 Å². The van der Waals surface area contributed by atoms with Gasteiger partial charge in [0.05, 0.1) is 23.0 Å². The summed E-state index contributed by atoms with van der Waals surface area (Å²) in [7, 11) is 0. The third-order valence-electron chi connectivity index (χ3n) is 3.95. The van der Waals surface area contributed by atoms with E-state index in [0.717, 1.165) is 22.3 Å². The van der Waals surface area contributed by atoms with Crippen molar-refractivity contribution in [1.82, 2.24) is 15.4 Å². The van der Waals surface area contributed by atoms with Gasteiger partial charge in [-0.3, -0.25) is 4.79 Å². The summed E-state index contributed by atoms with van der Waals surface area (Å²) in [5, 5.41) is 4.73. The van der Waals surface area contributed by atoms with E-state index >= 15 is 0 Å². The number of carbonyl (C=O) groups is 1. The van der Waals surface area contributed by atoms with Gasteiger partial charge < -0.3 is 9.72 Å². The molecule has 0 atom stereocenters. The quantitative estimate of drug-likeness (QED) is 0.269. The highest BCUT2D eigenvalue weighted by atomic mass is 32.2. The minimum absolute atomic E-state index is 0.205. The van der Waals surface area contributed by atoms with Crippen molar-refractivity contribution >= 4 is 34.9 Å². The topological polar surface area (TPSA) is 79.4 Å². The van der Waals surface area contributed by atoms with E-state index in [2.05, 4.69) is 20.5 Å². The van der Waals surface area contributed by atoms with E-state index < -0.39 is 0 Å². The molecule has 7 heteroatoms. The van der Waals surface area contributed by atoms with Gasteiger partial charge in [-0.05, 0) is 42.0 Å². The number of nitrogens with zero attached hydrogens (tertiary/aromatic N) is 2. The molecular formula is C22H18N4O2S. The van der Waals surface area contributed by atoms with Crippen LogP contribution < -0.4 is 10.2 Å². The van der Waals surface area contributed by atoms with Crippen molar-refractivity contribution in [3.63, 3.8) is 0 Å². The molecule has 3 aromatic carbocycles. The van der Waals surface area contributed by atoms with E-state index in [4.69, 9.17) is 4.74 Å². The second kappa shape index (κ2) is 9.07. The first-order chi connectivity index (χ1) is 14.3. The number of benzene rings is 3. The summed E-state index contributed by atoms with van der Waals surface area (Å²) in [5.41, 5.74) is 5.18. The van der Waals surface area contributed by atoms with Gasteiger partial charge in [0.2, 0.25) is 0 Å². The lowest BCUT2D eigenvalue weighted by molar-refractivity contribution is -0.118. The Kier molecular flexibility index (Phi) is 5.87. The molecule has 0 spiro atoms. The maximum Gasteiger partial charge on any atom is 0.250 e. The largest absolute Gasteiger partial charge is 0.457 e. The van der Waals surface area contributed by atoms with Gasteiger partial charge >= 0.3 is 0 Å². The van der Waals surface area contributed by atoms with Gasteiger partial charge in [0, 0.05) is 0 Å². The minimum Gasteiger partial charge on any atom is -0.457 e. The van der Waals surface area contributed by atoms with Gasteiger partial charge in [0.15, 0.2) is 5.16 Å². The van der Waals surface area contributed by atoms with Gasteiger partial charge in [-0.2, -0.15) is 5.10 Å². The molecule has 1 amide bonds. The van der Waals surface area contributed by atoms with Crippen molar-refractivity contribution in [1.29, 1.82) is 0 Å². The Bertz CT molecular complexity index is 1110. The van der Waals surface area contributed by atoms with Crippen LogP contribution in [0, 0.1) is 0 Å². The molecule has 1 heterocycles. The zero-order valence-corrected chi connectivity index (χ0v) is 16.2. The lowest BCUT2D eigenvalue weighted by Gasteiger charge is -2.05. The number of H-pyrrole nitrogens is 1. The van der Waals surface area contributed by atoms with E-state index in [1.807, 2.05) is 78.9 Å². The number of para-hydroxylation sites is 3. The van der Waals surface area contributed by atoms with Crippen LogP contribution in [0.1, 0.15) is 5.56 Å². The number of aromatic nitrogens is 2. The Hall–Kier alpha value is -3.58. The third-order valence-corrected chi connectivity index (χ3v) is 4.82. The van der Waals surface area contributed by atoms with Crippen molar-refractivity contribution in [2.45, 2.75) is 5.16 Å². The second-order valence-electron chi connectivity index (χ2n) is 6.13. The molecule has 0 saturated heterocycles. The molecular weight excluding hydrogens is 384 g/mol. The maximum atomic E-state index is 12.0. The number of hydrogen-bond acceptors (Lipinski definition) is 5. The predicted octanol–water partition coefficient (Wildman–Crippen LogP) is 4.60. The number of ether oxygens (including phenoxy) is 1. The van der Waals surface area contributed by atoms with E-state index in [1.54, 1.807) is 6.21 Å². The zero-order valence-electron chi connectivity index (χ0n) is 15.4. The van der Waals surface area contributed by atoms with Gasteiger partial charge in [-0.25, -0.2) is 10.4 Å². The van der Waals surface area contributed by atoms with Crippen LogP contribution in [0.5, 0.6) is 11.5 Å². The molecule has 0 aliphatic heterocycles. The van der Waals surface area contributed by atoms with Crippen LogP contribution in [-0.4, -0.2) is 27.8 Å². The van der Waals surface area contributed by atoms with Crippen molar-refractivity contribution in [2.24, 2.45) is 5.10 Å². The fourth-order valence-corrected chi connectivity index (χ4v) is 3.30. The molecule has 0 bridgehead atoms. The summed E-state index contributed by atoms with van der Waals surface area (Å²) < 4.78 is 5.80. The molecule has 0 aliphatic carbocycles. The summed E-state index contributed by atoms with van der Waals surface area (Å²) in [5.74, 6) is 1.47. The van der Waals surface area contributed by atoms with E-state index in [1.165, 1.54) is 11.8 Å². The highest BCUT2D eigenvalue weighted by Crippen LogP contribution is 2.21. The number of fused-ring (bicyclic) bond motifs is 1. The van der Waals surface area contributed by atoms with Crippen LogP contribution in [0.25, 0.3) is 11.0 Å². The fraction of sp³-hybridized carbons (Fsp3) is 0.0455. The van der Waals surface area contributed by atoms with Gasteiger partial charge in [0.1, 0.15) is 11.5 Å². The number of rotatable bonds is 7. The molecule has 0 fully saturated rings. The number of thioether (sulfide) groups is 1. The van der Waals surface area contributed by atoms with Gasteiger partial charge in [-0.1, -0.05) is 54.2 Å². The van der Waals surface area contributed by atoms with Gasteiger partial charge in [0.25, 0.3) is 5.91 Å². The molecule has 2 N–H and O–H groups in total. The molecule has 0 aliphatic rings. The Morgan fingerprint density at radius 2 is 1.83 bits per heavy atom. The van der Waals surface area contributed by atoms with Crippen LogP contribution in [-0.2, 0) is 4.79 Å². The first kappa shape index (κ1) is 18.8. The number of carbonyl (C=O) groups excluding carboxylic acids is 1. The number of hydrogen-bond donors (Lipinski definition) is 2. The van der Waals surface area contributed by atoms with Crippen LogP contribution in [0.4, 0.5) is 0 Å². The Labute approximate surface area is 172 Å². The molecule has 144 valence electrons. The Morgan fingerprint density at radius 3 is 2.69 bits per heavy atom. The standard InChI is InChI=1S/C22H18N4O2S/c27-21(15-29-22-24-19-11-4-5-12-20(19)25-22)26-23-14-16-7-6-10-18(13-16)28-17-8-2-1-3-9-17/h1-14H,15H2,(H,24,25)(H,26,27)/b23-14+. The normalized spacial score (nSPS) is 11.0. The number of aromatic amines is 1. The lowest BCUT2D eigenvalue weighted by Crippen LogP contribution is -2.19. The SMILES string of the molecule is O=C(CSc1nc2ccccc2[nH]1)N/N=C/c1cccc(Oc2ccccc2)c1. The molecule has 4 aromatic rings. The molecule has 4 rings (SSSR count). The fourth-order valence-electron chi connectivity index (χ4n) is 2.63. The smallest absolute Gasteiger partial charge is 0.250 e. The second-order valence-corrected chi connectivity index (χ2v) is 7.09. The minimum atomic E-state index is -0.205.